The minimum Gasteiger partial charge on any atom is -0.378 e. The van der Waals surface area contributed by atoms with Crippen LogP contribution in [-0.4, -0.2) is 49.2 Å². The summed E-state index contributed by atoms with van der Waals surface area (Å²) in [5.74, 6) is -0.928. The van der Waals surface area contributed by atoms with Crippen LogP contribution in [0.1, 0.15) is 15.9 Å². The van der Waals surface area contributed by atoms with Gasteiger partial charge in [-0.1, -0.05) is 12.1 Å². The Balaban J connectivity index is 1.59. The van der Waals surface area contributed by atoms with Crippen LogP contribution in [0, 0.1) is 0 Å². The number of hydrogen-bond donors (Lipinski definition) is 3. The first kappa shape index (κ1) is 23.3. The van der Waals surface area contributed by atoms with Crippen molar-refractivity contribution >= 4 is 34.7 Å². The standard InChI is InChI=1S/C23H23F3N6O2/c1-27-21(33)17-4-2-3-5-19(17)30-20-18(23(24,25)26)14-28-22(31-20)29-15-6-8-16(9-7-15)32-10-12-34-13-11-32/h2-9,14H,10-13H2,1H3,(H,27,33)(H2,28,29,30,31). The normalized spacial score (nSPS) is 13.9. The number of morpholine rings is 1. The Morgan fingerprint density at radius 3 is 2.41 bits per heavy atom. The molecular formula is C23H23F3N6O2. The van der Waals surface area contributed by atoms with Crippen LogP contribution in [0.4, 0.5) is 42.0 Å². The second-order valence-corrected chi connectivity index (χ2v) is 7.47. The van der Waals surface area contributed by atoms with Gasteiger partial charge in [-0.05, 0) is 36.4 Å². The Kier molecular flexibility index (Phi) is 6.82. The van der Waals surface area contributed by atoms with Crippen LogP contribution in [0.25, 0.3) is 0 Å². The van der Waals surface area contributed by atoms with E-state index in [2.05, 4.69) is 30.8 Å². The molecule has 11 heteroatoms. The quantitative estimate of drug-likeness (QED) is 0.496. The van der Waals surface area contributed by atoms with Crippen LogP contribution in [-0.2, 0) is 10.9 Å². The molecule has 3 aromatic rings. The van der Waals surface area contributed by atoms with Gasteiger partial charge in [-0.2, -0.15) is 18.2 Å². The number of nitrogens with zero attached hydrogens (tertiary/aromatic N) is 3. The van der Waals surface area contributed by atoms with Crippen LogP contribution < -0.4 is 20.9 Å². The molecule has 1 aliphatic heterocycles. The Morgan fingerprint density at radius 1 is 1.03 bits per heavy atom. The number of aromatic nitrogens is 2. The molecule has 2 heterocycles. The molecule has 1 fully saturated rings. The molecule has 0 saturated carbocycles. The van der Waals surface area contributed by atoms with E-state index in [-0.39, 0.29) is 17.2 Å². The molecule has 0 bridgehead atoms. The number of para-hydroxylation sites is 1. The highest BCUT2D eigenvalue weighted by molar-refractivity contribution is 6.00. The third kappa shape index (κ3) is 5.37. The highest BCUT2D eigenvalue weighted by Crippen LogP contribution is 2.36. The van der Waals surface area contributed by atoms with Crippen LogP contribution >= 0.6 is 0 Å². The largest absolute Gasteiger partial charge is 0.421 e. The van der Waals surface area contributed by atoms with E-state index < -0.39 is 23.5 Å². The van der Waals surface area contributed by atoms with Crippen molar-refractivity contribution in [3.05, 3.63) is 65.9 Å². The van der Waals surface area contributed by atoms with E-state index in [1.807, 2.05) is 12.1 Å². The van der Waals surface area contributed by atoms with E-state index >= 15 is 0 Å². The first-order valence-electron chi connectivity index (χ1n) is 10.6. The molecule has 0 atom stereocenters. The van der Waals surface area contributed by atoms with E-state index in [0.29, 0.717) is 25.1 Å². The third-order valence-corrected chi connectivity index (χ3v) is 5.25. The summed E-state index contributed by atoms with van der Waals surface area (Å²) < 4.78 is 46.2. The highest BCUT2D eigenvalue weighted by atomic mass is 19.4. The smallest absolute Gasteiger partial charge is 0.378 e. The number of alkyl halides is 3. The summed E-state index contributed by atoms with van der Waals surface area (Å²) in [6.45, 7) is 2.92. The molecule has 1 saturated heterocycles. The fourth-order valence-electron chi connectivity index (χ4n) is 3.50. The lowest BCUT2D eigenvalue weighted by Gasteiger charge is -2.28. The van der Waals surface area contributed by atoms with Gasteiger partial charge in [-0.25, -0.2) is 4.98 Å². The molecule has 1 aromatic heterocycles. The number of hydrogen-bond acceptors (Lipinski definition) is 7. The molecule has 1 aliphatic rings. The number of nitrogens with one attached hydrogen (secondary N) is 3. The lowest BCUT2D eigenvalue weighted by Crippen LogP contribution is -2.36. The maximum absolute atomic E-state index is 13.6. The van der Waals surface area contributed by atoms with E-state index in [4.69, 9.17) is 4.74 Å². The lowest BCUT2D eigenvalue weighted by molar-refractivity contribution is -0.137. The van der Waals surface area contributed by atoms with Gasteiger partial charge in [0.2, 0.25) is 5.95 Å². The predicted octanol–water partition coefficient (Wildman–Crippen LogP) is 4.18. The molecule has 0 radical (unpaired) electrons. The van der Waals surface area contributed by atoms with Gasteiger partial charge >= 0.3 is 6.18 Å². The van der Waals surface area contributed by atoms with Gasteiger partial charge in [0.05, 0.1) is 24.5 Å². The van der Waals surface area contributed by atoms with Crippen LogP contribution in [0.2, 0.25) is 0 Å². The molecule has 0 aliphatic carbocycles. The Labute approximate surface area is 194 Å². The van der Waals surface area contributed by atoms with E-state index in [1.54, 1.807) is 24.3 Å². The van der Waals surface area contributed by atoms with E-state index in [0.717, 1.165) is 18.8 Å². The fraction of sp³-hybridized carbons (Fsp3) is 0.261. The summed E-state index contributed by atoms with van der Waals surface area (Å²) in [7, 11) is 1.44. The predicted molar refractivity (Wildman–Crippen MR) is 123 cm³/mol. The van der Waals surface area contributed by atoms with Crippen molar-refractivity contribution in [2.45, 2.75) is 6.18 Å². The van der Waals surface area contributed by atoms with Gasteiger partial charge in [0.15, 0.2) is 0 Å². The van der Waals surface area contributed by atoms with Crippen molar-refractivity contribution in [1.29, 1.82) is 0 Å². The lowest BCUT2D eigenvalue weighted by atomic mass is 10.1. The van der Waals surface area contributed by atoms with Gasteiger partial charge in [0.25, 0.3) is 5.91 Å². The molecule has 0 unspecified atom stereocenters. The number of carbonyl (C=O) groups is 1. The van der Waals surface area contributed by atoms with Crippen LogP contribution in [0.15, 0.2) is 54.7 Å². The Hall–Kier alpha value is -3.86. The molecule has 34 heavy (non-hydrogen) atoms. The monoisotopic (exact) mass is 472 g/mol. The number of halogens is 3. The average molecular weight is 472 g/mol. The molecule has 1 amide bonds. The van der Waals surface area contributed by atoms with Crippen molar-refractivity contribution < 1.29 is 22.7 Å². The molecule has 2 aromatic carbocycles. The van der Waals surface area contributed by atoms with Crippen molar-refractivity contribution in [2.75, 3.05) is 48.9 Å². The zero-order valence-corrected chi connectivity index (χ0v) is 18.3. The second-order valence-electron chi connectivity index (χ2n) is 7.47. The minimum absolute atomic E-state index is 0.0213. The zero-order chi connectivity index (χ0) is 24.1. The first-order valence-corrected chi connectivity index (χ1v) is 10.6. The maximum atomic E-state index is 13.6. The molecule has 178 valence electrons. The molecular weight excluding hydrogens is 449 g/mol. The summed E-state index contributed by atoms with van der Waals surface area (Å²) in [5.41, 5.74) is 0.966. The van der Waals surface area contributed by atoms with Crippen molar-refractivity contribution in [3.8, 4) is 0 Å². The number of carbonyl (C=O) groups excluding carboxylic acids is 1. The summed E-state index contributed by atoms with van der Waals surface area (Å²) in [6.07, 6.45) is -3.98. The number of amides is 1. The number of ether oxygens (including phenoxy) is 1. The number of rotatable bonds is 6. The topological polar surface area (TPSA) is 91.4 Å². The average Bonchev–Trinajstić information content (AvgIpc) is 2.84. The first-order chi connectivity index (χ1) is 16.3. The third-order valence-electron chi connectivity index (χ3n) is 5.25. The van der Waals surface area contributed by atoms with E-state index in [1.165, 1.54) is 19.2 Å². The summed E-state index contributed by atoms with van der Waals surface area (Å²) in [6, 6.07) is 13.7. The highest BCUT2D eigenvalue weighted by Gasteiger charge is 2.35. The second kappa shape index (κ2) is 9.96. The van der Waals surface area contributed by atoms with Crippen LogP contribution in [0.3, 0.4) is 0 Å². The summed E-state index contributed by atoms with van der Waals surface area (Å²) in [4.78, 5) is 22.2. The number of anilines is 5. The maximum Gasteiger partial charge on any atom is 0.421 e. The molecule has 0 spiro atoms. The Morgan fingerprint density at radius 2 is 1.74 bits per heavy atom. The summed E-state index contributed by atoms with van der Waals surface area (Å²) >= 11 is 0. The van der Waals surface area contributed by atoms with Crippen molar-refractivity contribution in [1.82, 2.24) is 15.3 Å². The zero-order valence-electron chi connectivity index (χ0n) is 18.3. The van der Waals surface area contributed by atoms with Gasteiger partial charge in [0, 0.05) is 37.7 Å². The van der Waals surface area contributed by atoms with Crippen molar-refractivity contribution in [3.63, 3.8) is 0 Å². The van der Waals surface area contributed by atoms with Crippen LogP contribution in [0.5, 0.6) is 0 Å². The van der Waals surface area contributed by atoms with Gasteiger partial charge in [-0.3, -0.25) is 4.79 Å². The minimum atomic E-state index is -4.69. The molecule has 3 N–H and O–H groups in total. The van der Waals surface area contributed by atoms with E-state index in [9.17, 15) is 18.0 Å². The van der Waals surface area contributed by atoms with Gasteiger partial charge in [-0.15, -0.1) is 0 Å². The Bertz CT molecular complexity index is 1150. The summed E-state index contributed by atoms with van der Waals surface area (Å²) in [5, 5.41) is 8.05. The van der Waals surface area contributed by atoms with Gasteiger partial charge < -0.3 is 25.6 Å². The number of benzene rings is 2. The molecule has 8 nitrogen and oxygen atoms in total. The van der Waals surface area contributed by atoms with Gasteiger partial charge in [0.1, 0.15) is 11.4 Å². The fourth-order valence-corrected chi connectivity index (χ4v) is 3.50. The van der Waals surface area contributed by atoms with Crippen molar-refractivity contribution in [2.24, 2.45) is 0 Å². The SMILES string of the molecule is CNC(=O)c1ccccc1Nc1nc(Nc2ccc(N3CCOCC3)cc2)ncc1C(F)(F)F. The molecule has 4 rings (SSSR count).